The highest BCUT2D eigenvalue weighted by Gasteiger charge is 2.05. The van der Waals surface area contributed by atoms with Crippen LogP contribution in [0.15, 0.2) is 42.7 Å². The largest absolute Gasteiger partial charge is 0.265 e. The molecule has 0 fully saturated rings. The maximum Gasteiger partial charge on any atom is 0.124 e. The number of benzene rings is 1. The molecule has 0 aliphatic carbocycles. The van der Waals surface area contributed by atoms with Crippen LogP contribution in [-0.4, -0.2) is 9.97 Å². The zero-order chi connectivity index (χ0) is 11.0. The Morgan fingerprint density at radius 1 is 1.06 bits per heavy atom. The maximum atomic E-state index is 4.61. The van der Waals surface area contributed by atoms with E-state index >= 15 is 0 Å². The number of fused-ring (bicyclic) bond motifs is 1. The predicted octanol–water partition coefficient (Wildman–Crippen LogP) is 3.67. The molecule has 3 aromatic rings. The van der Waals surface area contributed by atoms with Crippen molar-refractivity contribution in [3.8, 4) is 10.6 Å². The van der Waals surface area contributed by atoms with Gasteiger partial charge in [-0.1, -0.05) is 6.07 Å². The van der Waals surface area contributed by atoms with E-state index in [9.17, 15) is 0 Å². The highest BCUT2D eigenvalue weighted by Crippen LogP contribution is 2.30. The van der Waals surface area contributed by atoms with E-state index in [2.05, 4.69) is 35.1 Å². The van der Waals surface area contributed by atoms with Crippen LogP contribution in [0.4, 0.5) is 0 Å². The first-order valence-electron chi connectivity index (χ1n) is 5.10. The molecule has 2 aromatic heterocycles. The normalized spacial score (nSPS) is 10.8. The number of thiazole rings is 1. The molecule has 1 aromatic carbocycles. The summed E-state index contributed by atoms with van der Waals surface area (Å²) in [5.41, 5.74) is 3.48. The van der Waals surface area contributed by atoms with Crippen molar-refractivity contribution in [3.05, 3.63) is 48.3 Å². The minimum Gasteiger partial charge on any atom is -0.265 e. The van der Waals surface area contributed by atoms with Crippen LogP contribution >= 0.6 is 11.3 Å². The van der Waals surface area contributed by atoms with Crippen LogP contribution in [0.1, 0.15) is 5.56 Å². The molecule has 2 heterocycles. The first-order chi connectivity index (χ1) is 7.83. The zero-order valence-corrected chi connectivity index (χ0v) is 9.66. The van der Waals surface area contributed by atoms with Crippen LogP contribution < -0.4 is 0 Å². The number of aryl methyl sites for hydroxylation is 1. The molecule has 0 spiro atoms. The van der Waals surface area contributed by atoms with Crippen LogP contribution in [0, 0.1) is 6.92 Å². The Balaban J connectivity index is 2.19. The molecule has 16 heavy (non-hydrogen) atoms. The van der Waals surface area contributed by atoms with E-state index in [0.29, 0.717) is 0 Å². The van der Waals surface area contributed by atoms with Crippen LogP contribution in [-0.2, 0) is 0 Å². The lowest BCUT2D eigenvalue weighted by atomic mass is 10.2. The topological polar surface area (TPSA) is 25.8 Å². The lowest BCUT2D eigenvalue weighted by molar-refractivity contribution is 1.32. The Morgan fingerprint density at radius 2 is 1.88 bits per heavy atom. The number of rotatable bonds is 1. The highest BCUT2D eigenvalue weighted by molar-refractivity contribution is 7.21. The van der Waals surface area contributed by atoms with Gasteiger partial charge in [-0.05, 0) is 36.8 Å². The van der Waals surface area contributed by atoms with E-state index in [1.165, 1.54) is 10.3 Å². The average Bonchev–Trinajstić information content (AvgIpc) is 2.73. The van der Waals surface area contributed by atoms with E-state index < -0.39 is 0 Å². The summed E-state index contributed by atoms with van der Waals surface area (Å²) in [4.78, 5) is 8.63. The molecule has 0 saturated carbocycles. The second-order valence-corrected chi connectivity index (χ2v) is 4.76. The van der Waals surface area contributed by atoms with Gasteiger partial charge >= 0.3 is 0 Å². The number of hydrogen-bond acceptors (Lipinski definition) is 3. The van der Waals surface area contributed by atoms with E-state index in [4.69, 9.17) is 0 Å². The fourth-order valence-electron chi connectivity index (χ4n) is 1.65. The van der Waals surface area contributed by atoms with Crippen molar-refractivity contribution in [2.45, 2.75) is 6.92 Å². The molecule has 78 valence electrons. The summed E-state index contributed by atoms with van der Waals surface area (Å²) in [5.74, 6) is 0. The number of hydrogen-bond donors (Lipinski definition) is 0. The van der Waals surface area contributed by atoms with Crippen molar-refractivity contribution < 1.29 is 0 Å². The van der Waals surface area contributed by atoms with Gasteiger partial charge in [0.1, 0.15) is 5.01 Å². The monoisotopic (exact) mass is 226 g/mol. The second-order valence-electron chi connectivity index (χ2n) is 3.73. The molecule has 0 amide bonds. The molecule has 0 unspecified atom stereocenters. The molecular formula is C13H10N2S. The molecule has 2 nitrogen and oxygen atoms in total. The van der Waals surface area contributed by atoms with Crippen molar-refractivity contribution in [2.75, 3.05) is 0 Å². The van der Waals surface area contributed by atoms with Crippen molar-refractivity contribution in [1.29, 1.82) is 0 Å². The van der Waals surface area contributed by atoms with Gasteiger partial charge in [0, 0.05) is 18.0 Å². The van der Waals surface area contributed by atoms with Crippen LogP contribution in [0.25, 0.3) is 20.8 Å². The third-order valence-corrected chi connectivity index (χ3v) is 3.54. The van der Waals surface area contributed by atoms with Gasteiger partial charge in [0.05, 0.1) is 10.2 Å². The number of nitrogens with zero attached hydrogens (tertiary/aromatic N) is 2. The summed E-state index contributed by atoms with van der Waals surface area (Å²) < 4.78 is 1.24. The summed E-state index contributed by atoms with van der Waals surface area (Å²) in [6.07, 6.45) is 3.60. The van der Waals surface area contributed by atoms with Crippen molar-refractivity contribution in [1.82, 2.24) is 9.97 Å². The molecule has 0 atom stereocenters. The Bertz CT molecular complexity index is 629. The van der Waals surface area contributed by atoms with Gasteiger partial charge in [-0.25, -0.2) is 4.98 Å². The van der Waals surface area contributed by atoms with E-state index in [1.54, 1.807) is 23.7 Å². The zero-order valence-electron chi connectivity index (χ0n) is 8.84. The first-order valence-corrected chi connectivity index (χ1v) is 5.92. The molecule has 3 heteroatoms. The second kappa shape index (κ2) is 3.68. The third kappa shape index (κ3) is 1.59. The molecule has 0 N–H and O–H groups in total. The van der Waals surface area contributed by atoms with Crippen LogP contribution in [0.5, 0.6) is 0 Å². The molecule has 3 rings (SSSR count). The summed E-state index contributed by atoms with van der Waals surface area (Å²) in [6, 6.07) is 10.3. The van der Waals surface area contributed by atoms with Gasteiger partial charge in [-0.15, -0.1) is 11.3 Å². The molecule has 0 saturated heterocycles. The van der Waals surface area contributed by atoms with Crippen LogP contribution in [0.3, 0.4) is 0 Å². The summed E-state index contributed by atoms with van der Waals surface area (Å²) in [6.45, 7) is 2.10. The summed E-state index contributed by atoms with van der Waals surface area (Å²) in [7, 11) is 0. The van der Waals surface area contributed by atoms with Gasteiger partial charge in [0.25, 0.3) is 0 Å². The Labute approximate surface area is 97.6 Å². The number of aromatic nitrogens is 2. The summed E-state index contributed by atoms with van der Waals surface area (Å²) in [5, 5.41) is 1.06. The fourth-order valence-corrected chi connectivity index (χ4v) is 2.72. The lowest BCUT2D eigenvalue weighted by Crippen LogP contribution is -1.75. The van der Waals surface area contributed by atoms with Gasteiger partial charge in [-0.3, -0.25) is 4.98 Å². The van der Waals surface area contributed by atoms with Gasteiger partial charge < -0.3 is 0 Å². The maximum absolute atomic E-state index is 4.61. The predicted molar refractivity (Wildman–Crippen MR) is 67.6 cm³/mol. The Kier molecular flexibility index (Phi) is 2.18. The third-order valence-electron chi connectivity index (χ3n) is 2.47. The van der Waals surface area contributed by atoms with E-state index in [-0.39, 0.29) is 0 Å². The molecule has 0 radical (unpaired) electrons. The van der Waals surface area contributed by atoms with Gasteiger partial charge in [0.2, 0.25) is 0 Å². The average molecular weight is 226 g/mol. The van der Waals surface area contributed by atoms with Gasteiger partial charge in [0.15, 0.2) is 0 Å². The minimum absolute atomic E-state index is 1.06. The lowest BCUT2D eigenvalue weighted by Gasteiger charge is -1.91. The molecular weight excluding hydrogens is 216 g/mol. The van der Waals surface area contributed by atoms with Crippen molar-refractivity contribution in [2.24, 2.45) is 0 Å². The molecule has 0 aliphatic heterocycles. The van der Waals surface area contributed by atoms with E-state index in [0.717, 1.165) is 16.1 Å². The highest BCUT2D eigenvalue weighted by atomic mass is 32.1. The molecule has 0 aliphatic rings. The Morgan fingerprint density at radius 3 is 2.69 bits per heavy atom. The standard InChI is InChI=1S/C13H10N2S/c1-9-2-3-11-12(8-9)16-13(15-11)10-4-6-14-7-5-10/h2-8H,1H3. The number of pyridine rings is 1. The first kappa shape index (κ1) is 9.48. The smallest absolute Gasteiger partial charge is 0.124 e. The minimum atomic E-state index is 1.06. The van der Waals surface area contributed by atoms with Crippen molar-refractivity contribution in [3.63, 3.8) is 0 Å². The van der Waals surface area contributed by atoms with E-state index in [1.807, 2.05) is 12.1 Å². The molecule has 0 bridgehead atoms. The van der Waals surface area contributed by atoms with Crippen LogP contribution in [0.2, 0.25) is 0 Å². The quantitative estimate of drug-likeness (QED) is 0.632. The Hall–Kier alpha value is -1.74. The fraction of sp³-hybridized carbons (Fsp3) is 0.0769. The van der Waals surface area contributed by atoms with Gasteiger partial charge in [-0.2, -0.15) is 0 Å². The van der Waals surface area contributed by atoms with Crippen molar-refractivity contribution >= 4 is 21.6 Å². The SMILES string of the molecule is Cc1ccc2nc(-c3ccncc3)sc2c1. The summed E-state index contributed by atoms with van der Waals surface area (Å²) >= 11 is 1.73.